The van der Waals surface area contributed by atoms with Gasteiger partial charge in [-0.3, -0.25) is 0 Å². The minimum atomic E-state index is -5.66. The summed E-state index contributed by atoms with van der Waals surface area (Å²) in [6.45, 7) is 3.00. The van der Waals surface area contributed by atoms with Crippen molar-refractivity contribution in [3.8, 4) is 12.1 Å². The Hall–Kier alpha value is -3.11. The molecule has 3 nitrogen and oxygen atoms in total. The first-order chi connectivity index (χ1) is 15.7. The molecule has 0 bridgehead atoms. The van der Waals surface area contributed by atoms with Gasteiger partial charge in [0.15, 0.2) is 0 Å². The zero-order valence-electron chi connectivity index (χ0n) is 18.0. The van der Waals surface area contributed by atoms with Crippen LogP contribution in [-0.4, -0.2) is 40.0 Å². The molecule has 1 fully saturated rings. The topological polar surface area (TPSA) is 50.8 Å². The van der Waals surface area contributed by atoms with E-state index in [-0.39, 0.29) is 16.8 Å². The smallest absolute Gasteiger partial charge is 0.355 e. The largest absolute Gasteiger partial charge is 0.380 e. The van der Waals surface area contributed by atoms with Gasteiger partial charge in [-0.1, -0.05) is 18.2 Å². The van der Waals surface area contributed by atoms with Crippen LogP contribution in [0.4, 0.5) is 26.3 Å². The minimum absolute atomic E-state index is 0.104. The monoisotopic (exact) mass is 491 g/mol. The van der Waals surface area contributed by atoms with Crippen LogP contribution in [0.2, 0.25) is 0 Å². The van der Waals surface area contributed by atoms with Gasteiger partial charge in [0.05, 0.1) is 21.9 Å². The van der Waals surface area contributed by atoms with E-state index in [9.17, 15) is 19.3 Å². The number of fused-ring (bicyclic) bond motifs is 4. The standard InChI is InChI=1S/C24H15F6N3S/c1-20-15(8-13(11-32)33(20)3)18-19(23(27,28)24(29,30)22(18,25)26)16-9-17(34-21(16,20)2)14-7-5-4-6-12(14)10-31/h4-9H,1-3H3. The molecule has 0 spiro atoms. The molecular weight excluding hydrogens is 476 g/mol. The molecule has 1 aromatic carbocycles. The summed E-state index contributed by atoms with van der Waals surface area (Å²) in [6.07, 6.45) is 2.21. The quantitative estimate of drug-likeness (QED) is 0.450. The molecule has 1 aromatic rings. The molecule has 2 aliphatic carbocycles. The van der Waals surface area contributed by atoms with Gasteiger partial charge in [0.2, 0.25) is 0 Å². The number of likely N-dealkylation sites (N-methyl/N-ethyl adjacent to an activating group) is 1. The van der Waals surface area contributed by atoms with Gasteiger partial charge in [0.25, 0.3) is 0 Å². The fourth-order valence-corrected chi connectivity index (χ4v) is 7.02. The maximum atomic E-state index is 15.2. The molecule has 2 heterocycles. The molecule has 174 valence electrons. The highest BCUT2D eigenvalue weighted by molar-refractivity contribution is 8.10. The Bertz CT molecular complexity index is 1390. The highest BCUT2D eigenvalue weighted by Crippen LogP contribution is 2.72. The lowest BCUT2D eigenvalue weighted by Crippen LogP contribution is -2.58. The summed E-state index contributed by atoms with van der Waals surface area (Å²) in [6, 6.07) is 10.2. The number of alkyl halides is 6. The van der Waals surface area contributed by atoms with E-state index in [2.05, 4.69) is 0 Å². The van der Waals surface area contributed by atoms with Crippen molar-refractivity contribution in [2.45, 2.75) is 41.9 Å². The first-order valence-electron chi connectivity index (χ1n) is 10.1. The van der Waals surface area contributed by atoms with Gasteiger partial charge in [0, 0.05) is 28.7 Å². The normalized spacial score (nSPS) is 31.9. The van der Waals surface area contributed by atoms with Crippen LogP contribution in [0, 0.1) is 22.7 Å². The second-order valence-corrected chi connectivity index (χ2v) is 10.3. The molecule has 2 atom stereocenters. The zero-order valence-corrected chi connectivity index (χ0v) is 18.8. The van der Waals surface area contributed by atoms with E-state index in [1.165, 1.54) is 37.9 Å². The molecule has 0 N–H and O–H groups in total. The maximum absolute atomic E-state index is 15.2. The molecule has 4 aliphatic rings. The van der Waals surface area contributed by atoms with E-state index >= 15 is 17.6 Å². The molecule has 0 aromatic heterocycles. The molecule has 1 saturated carbocycles. The van der Waals surface area contributed by atoms with Crippen LogP contribution in [0.3, 0.4) is 0 Å². The molecule has 34 heavy (non-hydrogen) atoms. The first kappa shape index (κ1) is 22.7. The summed E-state index contributed by atoms with van der Waals surface area (Å²) < 4.78 is 88.4. The van der Waals surface area contributed by atoms with Crippen LogP contribution in [0.5, 0.6) is 0 Å². The van der Waals surface area contributed by atoms with Crippen molar-refractivity contribution >= 4 is 16.7 Å². The van der Waals surface area contributed by atoms with E-state index in [0.717, 1.165) is 17.8 Å². The van der Waals surface area contributed by atoms with Gasteiger partial charge in [-0.15, -0.1) is 11.8 Å². The van der Waals surface area contributed by atoms with Crippen molar-refractivity contribution in [2.24, 2.45) is 0 Å². The number of nitriles is 2. The maximum Gasteiger partial charge on any atom is 0.380 e. The van der Waals surface area contributed by atoms with E-state index in [1.807, 2.05) is 12.1 Å². The molecule has 0 amide bonds. The predicted octanol–water partition coefficient (Wildman–Crippen LogP) is 6.04. The fraction of sp³-hybridized carbons (Fsp3) is 0.333. The third-order valence-electron chi connectivity index (χ3n) is 7.50. The number of benzene rings is 1. The highest BCUT2D eigenvalue weighted by atomic mass is 32.2. The Morgan fingerprint density at radius 3 is 2.03 bits per heavy atom. The molecular formula is C24H15F6N3S. The van der Waals surface area contributed by atoms with Gasteiger partial charge in [-0.2, -0.15) is 36.9 Å². The lowest BCUT2D eigenvalue weighted by molar-refractivity contribution is -0.258. The van der Waals surface area contributed by atoms with Crippen molar-refractivity contribution in [3.63, 3.8) is 0 Å². The van der Waals surface area contributed by atoms with Crippen molar-refractivity contribution in [1.29, 1.82) is 10.5 Å². The minimum Gasteiger partial charge on any atom is -0.355 e. The fourth-order valence-electron chi connectivity index (χ4n) is 5.40. The van der Waals surface area contributed by atoms with Crippen molar-refractivity contribution in [1.82, 2.24) is 4.90 Å². The summed E-state index contributed by atoms with van der Waals surface area (Å²) in [5, 5.41) is 19.1. The van der Waals surface area contributed by atoms with Crippen LogP contribution in [0.1, 0.15) is 25.0 Å². The average Bonchev–Trinajstić information content (AvgIpc) is 3.30. The van der Waals surface area contributed by atoms with Gasteiger partial charge in [-0.05, 0) is 43.2 Å². The lowest BCUT2D eigenvalue weighted by Gasteiger charge is -2.51. The van der Waals surface area contributed by atoms with Crippen molar-refractivity contribution < 1.29 is 26.3 Å². The van der Waals surface area contributed by atoms with Crippen LogP contribution in [0.15, 0.2) is 64.4 Å². The van der Waals surface area contributed by atoms with Crippen LogP contribution in [-0.2, 0) is 0 Å². The Morgan fingerprint density at radius 1 is 0.853 bits per heavy atom. The van der Waals surface area contributed by atoms with Gasteiger partial charge < -0.3 is 4.90 Å². The van der Waals surface area contributed by atoms with Crippen LogP contribution >= 0.6 is 11.8 Å². The van der Waals surface area contributed by atoms with E-state index in [4.69, 9.17) is 0 Å². The molecule has 2 unspecified atom stereocenters. The third-order valence-corrected chi connectivity index (χ3v) is 9.09. The highest BCUT2D eigenvalue weighted by Gasteiger charge is 2.84. The van der Waals surface area contributed by atoms with Gasteiger partial charge in [0.1, 0.15) is 11.8 Å². The number of rotatable bonds is 1. The molecule has 5 rings (SSSR count). The lowest BCUT2D eigenvalue weighted by atomic mass is 9.67. The average molecular weight is 491 g/mol. The summed E-state index contributed by atoms with van der Waals surface area (Å²) in [4.78, 5) is 1.69. The molecule has 2 aliphatic heterocycles. The predicted molar refractivity (Wildman–Crippen MR) is 114 cm³/mol. The van der Waals surface area contributed by atoms with Crippen molar-refractivity contribution in [3.05, 3.63) is 75.5 Å². The Labute approximate surface area is 195 Å². The number of allylic oxidation sites excluding steroid dienone is 4. The van der Waals surface area contributed by atoms with E-state index < -0.39 is 44.8 Å². The molecule has 10 heteroatoms. The van der Waals surface area contributed by atoms with E-state index in [0.29, 0.717) is 10.5 Å². The number of hydrogen-bond donors (Lipinski definition) is 0. The molecule has 0 saturated heterocycles. The zero-order chi connectivity index (χ0) is 25.1. The summed E-state index contributed by atoms with van der Waals surface area (Å²) in [5.74, 6) is -16.0. The summed E-state index contributed by atoms with van der Waals surface area (Å²) >= 11 is 1.03. The Balaban J connectivity index is 1.92. The second-order valence-electron chi connectivity index (χ2n) is 8.87. The number of hydrogen-bond acceptors (Lipinski definition) is 4. The number of halogens is 6. The van der Waals surface area contributed by atoms with Crippen LogP contribution in [0.25, 0.3) is 4.91 Å². The SMILES string of the molecule is CN1C(C#N)=CC2=C3C(=C4C=C(c5ccccc5C#N)SC4(C)C21C)C(F)(F)C(F)(F)C3(F)F. The summed E-state index contributed by atoms with van der Waals surface area (Å²) in [7, 11) is 1.45. The summed E-state index contributed by atoms with van der Waals surface area (Å²) in [5.41, 5.74) is -4.66. The Morgan fingerprint density at radius 2 is 1.44 bits per heavy atom. The molecule has 0 radical (unpaired) electrons. The number of nitrogens with zero attached hydrogens (tertiary/aromatic N) is 3. The van der Waals surface area contributed by atoms with Gasteiger partial charge >= 0.3 is 17.8 Å². The number of thioether (sulfide) groups is 1. The van der Waals surface area contributed by atoms with E-state index in [1.54, 1.807) is 18.2 Å². The van der Waals surface area contributed by atoms with Gasteiger partial charge in [-0.25, -0.2) is 0 Å². The Kier molecular flexibility index (Phi) is 4.21. The first-order valence-corrected chi connectivity index (χ1v) is 10.9. The van der Waals surface area contributed by atoms with Crippen molar-refractivity contribution in [2.75, 3.05) is 7.05 Å². The van der Waals surface area contributed by atoms with Crippen LogP contribution < -0.4 is 0 Å². The second kappa shape index (κ2) is 6.31. The third kappa shape index (κ3) is 2.16.